The van der Waals surface area contributed by atoms with Crippen LogP contribution in [0.4, 0.5) is 5.69 Å². The number of rotatable bonds is 13. The zero-order valence-electron chi connectivity index (χ0n) is 25.5. The SMILES string of the molecule is CC[C@@H](C)NC(=O)[C@@H](Cc1ccccc1)N(Cc1ccc(Br)cc1)C(=O)CN(c1cccc(Cl)c1)S(=O)(=O)c1ccc(C)cc1. The number of anilines is 1. The van der Waals surface area contributed by atoms with Crippen LogP contribution < -0.4 is 9.62 Å². The summed E-state index contributed by atoms with van der Waals surface area (Å²) in [6, 6.07) is 28.7. The molecule has 0 unspecified atom stereocenters. The first-order chi connectivity index (χ1) is 21.5. The number of aryl methyl sites for hydroxylation is 1. The Morgan fingerprint density at radius 2 is 1.56 bits per heavy atom. The molecule has 0 bridgehead atoms. The molecule has 7 nitrogen and oxygen atoms in total. The number of carbonyl (C=O) groups excluding carboxylic acids is 2. The van der Waals surface area contributed by atoms with Gasteiger partial charge in [0.15, 0.2) is 0 Å². The zero-order chi connectivity index (χ0) is 32.6. The second-order valence-electron chi connectivity index (χ2n) is 11.0. The minimum Gasteiger partial charge on any atom is -0.352 e. The fourth-order valence-electron chi connectivity index (χ4n) is 4.78. The van der Waals surface area contributed by atoms with Gasteiger partial charge in [-0.25, -0.2) is 8.42 Å². The zero-order valence-corrected chi connectivity index (χ0v) is 28.6. The standard InChI is InChI=1S/C35H37BrClN3O4S/c1-4-26(3)38-35(42)33(21-27-9-6-5-7-10-27)39(23-28-15-17-29(36)18-16-28)34(41)24-40(31-12-8-11-30(37)22-31)45(43,44)32-19-13-25(2)14-20-32/h5-20,22,26,33H,4,21,23-24H2,1-3H3,(H,38,42)/t26-,33-/m1/s1. The number of benzene rings is 4. The maximum absolute atomic E-state index is 14.5. The molecule has 236 valence electrons. The van der Waals surface area contributed by atoms with Crippen LogP contribution in [-0.2, 0) is 32.6 Å². The van der Waals surface area contributed by atoms with Gasteiger partial charge < -0.3 is 10.2 Å². The van der Waals surface area contributed by atoms with Crippen molar-refractivity contribution >= 4 is 55.1 Å². The van der Waals surface area contributed by atoms with Crippen LogP contribution in [-0.4, -0.2) is 43.8 Å². The summed E-state index contributed by atoms with van der Waals surface area (Å²) < 4.78 is 30.2. The van der Waals surface area contributed by atoms with Gasteiger partial charge in [-0.3, -0.25) is 13.9 Å². The van der Waals surface area contributed by atoms with Crippen molar-refractivity contribution in [3.05, 3.63) is 129 Å². The average molecular weight is 711 g/mol. The number of sulfonamides is 1. The maximum atomic E-state index is 14.5. The van der Waals surface area contributed by atoms with E-state index in [4.69, 9.17) is 11.6 Å². The Bertz CT molecular complexity index is 1700. The van der Waals surface area contributed by atoms with Gasteiger partial charge in [-0.05, 0) is 73.9 Å². The number of hydrogen-bond donors (Lipinski definition) is 1. The highest BCUT2D eigenvalue weighted by Gasteiger charge is 2.35. The van der Waals surface area contributed by atoms with Crippen LogP contribution in [0.25, 0.3) is 0 Å². The van der Waals surface area contributed by atoms with Crippen LogP contribution in [0, 0.1) is 6.92 Å². The average Bonchev–Trinajstić information content (AvgIpc) is 3.02. The largest absolute Gasteiger partial charge is 0.352 e. The van der Waals surface area contributed by atoms with E-state index in [1.807, 2.05) is 75.4 Å². The molecule has 0 aliphatic heterocycles. The quantitative estimate of drug-likeness (QED) is 0.160. The smallest absolute Gasteiger partial charge is 0.264 e. The van der Waals surface area contributed by atoms with Gasteiger partial charge >= 0.3 is 0 Å². The Morgan fingerprint density at radius 1 is 0.889 bits per heavy atom. The molecule has 0 aliphatic rings. The van der Waals surface area contributed by atoms with E-state index in [0.717, 1.165) is 25.5 Å². The summed E-state index contributed by atoms with van der Waals surface area (Å²) in [6.07, 6.45) is 0.953. The maximum Gasteiger partial charge on any atom is 0.264 e. The van der Waals surface area contributed by atoms with E-state index < -0.39 is 28.5 Å². The minimum absolute atomic E-state index is 0.0377. The minimum atomic E-state index is -4.20. The molecule has 0 aromatic heterocycles. The van der Waals surface area contributed by atoms with Gasteiger partial charge in [0.25, 0.3) is 10.0 Å². The molecule has 0 saturated carbocycles. The summed E-state index contributed by atoms with van der Waals surface area (Å²) in [5.41, 5.74) is 2.80. The van der Waals surface area contributed by atoms with E-state index in [0.29, 0.717) is 11.4 Å². The third-order valence-corrected chi connectivity index (χ3v) is 10.1. The van der Waals surface area contributed by atoms with Gasteiger partial charge in [0.05, 0.1) is 10.6 Å². The van der Waals surface area contributed by atoms with Crippen LogP contribution in [0.3, 0.4) is 0 Å². The Labute approximate surface area is 279 Å². The fraction of sp³-hybridized carbons (Fsp3) is 0.257. The van der Waals surface area contributed by atoms with Gasteiger partial charge in [-0.1, -0.05) is 101 Å². The summed E-state index contributed by atoms with van der Waals surface area (Å²) in [4.78, 5) is 29.9. The third-order valence-electron chi connectivity index (χ3n) is 7.52. The highest BCUT2D eigenvalue weighted by Crippen LogP contribution is 2.27. The van der Waals surface area contributed by atoms with Crippen LogP contribution in [0.1, 0.15) is 37.0 Å². The van der Waals surface area contributed by atoms with Crippen LogP contribution in [0.5, 0.6) is 0 Å². The van der Waals surface area contributed by atoms with E-state index in [1.54, 1.807) is 30.3 Å². The molecule has 4 aromatic rings. The van der Waals surface area contributed by atoms with Crippen molar-refractivity contribution < 1.29 is 18.0 Å². The van der Waals surface area contributed by atoms with Crippen molar-refractivity contribution in [3.63, 3.8) is 0 Å². The lowest BCUT2D eigenvalue weighted by atomic mass is 10.0. The number of carbonyl (C=O) groups is 2. The number of nitrogens with one attached hydrogen (secondary N) is 1. The molecule has 4 rings (SSSR count). The summed E-state index contributed by atoms with van der Waals surface area (Å²) in [5.74, 6) is -0.844. The summed E-state index contributed by atoms with van der Waals surface area (Å²) >= 11 is 9.75. The molecule has 0 aliphatic carbocycles. The van der Waals surface area contributed by atoms with Gasteiger partial charge in [0.1, 0.15) is 12.6 Å². The van der Waals surface area contributed by atoms with Gasteiger partial charge in [-0.2, -0.15) is 0 Å². The molecule has 0 spiro atoms. The van der Waals surface area contributed by atoms with Crippen molar-refractivity contribution in [2.75, 3.05) is 10.8 Å². The molecule has 10 heteroatoms. The lowest BCUT2D eigenvalue weighted by molar-refractivity contribution is -0.140. The molecular weight excluding hydrogens is 674 g/mol. The Morgan fingerprint density at radius 3 is 2.18 bits per heavy atom. The number of halogens is 2. The predicted octanol–water partition coefficient (Wildman–Crippen LogP) is 7.16. The molecule has 1 N–H and O–H groups in total. The second kappa shape index (κ2) is 15.6. The predicted molar refractivity (Wildman–Crippen MR) is 184 cm³/mol. The van der Waals surface area contributed by atoms with Crippen molar-refractivity contribution in [1.29, 1.82) is 0 Å². The lowest BCUT2D eigenvalue weighted by Gasteiger charge is -2.34. The fourth-order valence-corrected chi connectivity index (χ4v) is 6.63. The topological polar surface area (TPSA) is 86.8 Å². The highest BCUT2D eigenvalue weighted by molar-refractivity contribution is 9.10. The van der Waals surface area contributed by atoms with Crippen LogP contribution in [0.15, 0.2) is 112 Å². The first-order valence-corrected chi connectivity index (χ1v) is 17.3. The second-order valence-corrected chi connectivity index (χ2v) is 14.2. The molecule has 2 amide bonds. The lowest BCUT2D eigenvalue weighted by Crippen LogP contribution is -2.54. The Kier molecular flexibility index (Phi) is 11.8. The molecule has 0 fully saturated rings. The molecule has 0 radical (unpaired) electrons. The van der Waals surface area contributed by atoms with E-state index >= 15 is 0 Å². The van der Waals surface area contributed by atoms with Crippen LogP contribution >= 0.6 is 27.5 Å². The van der Waals surface area contributed by atoms with Gasteiger partial charge in [0, 0.05) is 28.5 Å². The molecule has 4 aromatic carbocycles. The Hall–Kier alpha value is -3.66. The van der Waals surface area contributed by atoms with Crippen LogP contribution in [0.2, 0.25) is 5.02 Å². The van der Waals surface area contributed by atoms with Gasteiger partial charge in [0.2, 0.25) is 11.8 Å². The van der Waals surface area contributed by atoms with E-state index in [1.165, 1.54) is 23.1 Å². The molecule has 0 heterocycles. The van der Waals surface area contributed by atoms with Gasteiger partial charge in [-0.15, -0.1) is 0 Å². The Balaban J connectivity index is 1.80. The highest BCUT2D eigenvalue weighted by atomic mass is 79.9. The monoisotopic (exact) mass is 709 g/mol. The number of nitrogens with zero attached hydrogens (tertiary/aromatic N) is 2. The normalized spacial score (nSPS) is 12.6. The first-order valence-electron chi connectivity index (χ1n) is 14.7. The summed E-state index contributed by atoms with van der Waals surface area (Å²) in [6.45, 7) is 5.29. The van der Waals surface area contributed by atoms with E-state index in [9.17, 15) is 18.0 Å². The van der Waals surface area contributed by atoms with Crippen molar-refractivity contribution in [2.24, 2.45) is 0 Å². The summed E-state index contributed by atoms with van der Waals surface area (Å²) in [7, 11) is -4.20. The molecular formula is C35H37BrClN3O4S. The van der Waals surface area contributed by atoms with Crippen molar-refractivity contribution in [1.82, 2.24) is 10.2 Å². The third kappa shape index (κ3) is 9.19. The summed E-state index contributed by atoms with van der Waals surface area (Å²) in [5, 5.41) is 3.37. The number of amides is 2. The molecule has 2 atom stereocenters. The van der Waals surface area contributed by atoms with Crippen molar-refractivity contribution in [3.8, 4) is 0 Å². The van der Waals surface area contributed by atoms with Crippen molar-refractivity contribution in [2.45, 2.75) is 57.1 Å². The molecule has 45 heavy (non-hydrogen) atoms. The molecule has 0 saturated heterocycles. The first kappa shape index (κ1) is 34.2. The van der Waals surface area contributed by atoms with E-state index in [-0.39, 0.29) is 35.5 Å². The van der Waals surface area contributed by atoms with E-state index in [2.05, 4.69) is 21.2 Å². The number of hydrogen-bond acceptors (Lipinski definition) is 4.